The summed E-state index contributed by atoms with van der Waals surface area (Å²) in [5, 5.41) is 9.58. The van der Waals surface area contributed by atoms with Gasteiger partial charge in [0.05, 0.1) is 26.9 Å². The molecule has 2 aliphatic rings. The van der Waals surface area contributed by atoms with Crippen molar-refractivity contribution in [1.82, 2.24) is 19.8 Å². The maximum Gasteiger partial charge on any atom is 0.164 e. The first-order valence-electron chi connectivity index (χ1n) is 13.2. The number of piperazine rings is 1. The Kier molecular flexibility index (Phi) is 11.0. The van der Waals surface area contributed by atoms with Crippen molar-refractivity contribution in [3.05, 3.63) is 77.7 Å². The number of pyridine rings is 2. The molecule has 2 fully saturated rings. The third kappa shape index (κ3) is 8.48. The number of benzene rings is 1. The number of thiophene rings is 1. The van der Waals surface area contributed by atoms with Crippen LogP contribution in [-0.2, 0) is 39.3 Å². The number of fused-ring (bicyclic) bond motifs is 1. The van der Waals surface area contributed by atoms with Gasteiger partial charge in [-0.1, -0.05) is 25.0 Å². The van der Waals surface area contributed by atoms with Crippen molar-refractivity contribution in [2.75, 3.05) is 32.7 Å². The quantitative estimate of drug-likeness (QED) is 0.243. The number of aromatic nitrogens is 2. The van der Waals surface area contributed by atoms with Crippen LogP contribution in [0.15, 0.2) is 54.9 Å². The van der Waals surface area contributed by atoms with Crippen molar-refractivity contribution in [3.63, 3.8) is 0 Å². The molecular weight excluding hydrogens is 604 g/mol. The van der Waals surface area contributed by atoms with E-state index in [9.17, 15) is 9.50 Å². The van der Waals surface area contributed by atoms with Gasteiger partial charge >= 0.3 is 0 Å². The van der Waals surface area contributed by atoms with Gasteiger partial charge in [0, 0.05) is 90.4 Å². The first-order valence-corrected chi connectivity index (χ1v) is 14.0. The van der Waals surface area contributed by atoms with Crippen LogP contribution in [0.1, 0.15) is 25.3 Å². The summed E-state index contributed by atoms with van der Waals surface area (Å²) >= 11 is 1.51. The number of nitrogens with one attached hydrogen (secondary N) is 2. The molecule has 1 atom stereocenters. The number of nitrogens with zero attached hydrogens (tertiary/aromatic N) is 4. The van der Waals surface area contributed by atoms with Crippen LogP contribution in [0.2, 0.25) is 0 Å². The summed E-state index contributed by atoms with van der Waals surface area (Å²) in [4.78, 5) is 14.8. The van der Waals surface area contributed by atoms with Crippen LogP contribution in [0.3, 0.4) is 0 Å². The topological polar surface area (TPSA) is 109 Å². The van der Waals surface area contributed by atoms with E-state index in [4.69, 9.17) is 21.2 Å². The number of aliphatic hydroxyl groups is 1. The van der Waals surface area contributed by atoms with Gasteiger partial charge in [0.2, 0.25) is 0 Å². The minimum atomic E-state index is -0.569. The molecular formula is C29H33FN6O2SY-2. The number of hydrogen-bond donors (Lipinski definition) is 1. The van der Waals surface area contributed by atoms with Crippen molar-refractivity contribution in [2.45, 2.75) is 38.5 Å². The molecule has 1 aliphatic carbocycles. The fourth-order valence-electron chi connectivity index (χ4n) is 4.33. The van der Waals surface area contributed by atoms with Gasteiger partial charge in [-0.15, -0.1) is 23.1 Å². The summed E-state index contributed by atoms with van der Waals surface area (Å²) in [6, 6.07) is 12.2. The zero-order valence-electron chi connectivity index (χ0n) is 22.5. The van der Waals surface area contributed by atoms with Crippen LogP contribution in [-0.4, -0.2) is 69.7 Å². The Labute approximate surface area is 263 Å². The molecule has 3 aromatic heterocycles. The molecule has 1 aromatic carbocycles. The number of β-amino-alcohol motifs (C(OH)–C–C–N with tert-alkyl or cyclic N) is 1. The predicted molar refractivity (Wildman–Crippen MR) is 154 cm³/mol. The molecule has 0 amide bonds. The number of halogens is 1. The second-order valence-electron chi connectivity index (χ2n) is 10.1. The second kappa shape index (κ2) is 14.2. The Morgan fingerprint density at radius 1 is 1.05 bits per heavy atom. The number of rotatable bonds is 7. The van der Waals surface area contributed by atoms with Crippen molar-refractivity contribution in [2.24, 2.45) is 0 Å². The minimum Gasteiger partial charge on any atom is -0.699 e. The predicted octanol–water partition coefficient (Wildman–Crippen LogP) is 6.67. The van der Waals surface area contributed by atoms with E-state index in [1.807, 2.05) is 25.3 Å². The van der Waals surface area contributed by atoms with E-state index in [1.54, 1.807) is 12.3 Å². The molecule has 1 saturated heterocycles. The van der Waals surface area contributed by atoms with Crippen LogP contribution >= 0.6 is 11.3 Å². The Balaban J connectivity index is 0.000000680. The molecule has 4 aromatic rings. The summed E-state index contributed by atoms with van der Waals surface area (Å²) < 4.78 is 20.8. The van der Waals surface area contributed by atoms with Crippen molar-refractivity contribution in [3.8, 4) is 22.1 Å². The molecule has 0 spiro atoms. The molecule has 40 heavy (non-hydrogen) atoms. The molecule has 1 aliphatic heterocycles. The number of ether oxygens (including phenoxy) is 1. The zero-order chi connectivity index (χ0) is 27.4. The first kappa shape index (κ1) is 30.9. The zero-order valence-corrected chi connectivity index (χ0v) is 26.2. The Hall–Kier alpha value is -2.05. The van der Waals surface area contributed by atoms with E-state index in [0.29, 0.717) is 11.8 Å². The summed E-state index contributed by atoms with van der Waals surface area (Å²) in [5.41, 5.74) is 17.1. The van der Waals surface area contributed by atoms with Crippen LogP contribution < -0.4 is 4.74 Å². The molecule has 6 rings (SSSR count). The SMILES string of the molecule is CC(O)CN1CCN(Cc2ccc(-c3cc4nccc(Oc5ccc([NH-])cc5F)c4s3)nc2)CC1.[NH-]C1CC1.[Y]. The summed E-state index contributed by atoms with van der Waals surface area (Å²) in [5.74, 6) is 0.0349. The Bertz CT molecular complexity index is 1390. The third-order valence-corrected chi connectivity index (χ3v) is 7.74. The molecule has 1 radical (unpaired) electrons. The first-order chi connectivity index (χ1) is 18.8. The average molecular weight is 638 g/mol. The summed E-state index contributed by atoms with van der Waals surface area (Å²) in [6.07, 6.45) is 5.58. The normalized spacial score (nSPS) is 16.6. The molecule has 209 valence electrons. The van der Waals surface area contributed by atoms with E-state index in [1.165, 1.54) is 23.5 Å². The second-order valence-corrected chi connectivity index (χ2v) is 11.2. The standard InChI is InChI=1S/C26H27FN5O2S.C3H6N.Y/c1-17(33)15-31-8-10-32(11-9-31)16-18-2-4-21(30-14-18)25-13-22-26(35-25)24(6-7-29-22)34-23-5-3-19(28)12-20(23)27;4-3-1-2-3;/h2-7,12-14,17,28,33H,8-11,15-16H2,1H3;3-4H,1-2H2;/q2*-1;. The molecule has 0 bridgehead atoms. The molecule has 1 saturated carbocycles. The smallest absolute Gasteiger partial charge is 0.164 e. The van der Waals surface area contributed by atoms with Crippen molar-refractivity contribution in [1.29, 1.82) is 0 Å². The van der Waals surface area contributed by atoms with Crippen molar-refractivity contribution >= 4 is 27.2 Å². The van der Waals surface area contributed by atoms with Gasteiger partial charge in [0.1, 0.15) is 5.75 Å². The van der Waals surface area contributed by atoms with E-state index in [2.05, 4.69) is 20.9 Å². The third-order valence-electron chi connectivity index (χ3n) is 6.58. The number of aliphatic hydroxyl groups excluding tert-OH is 1. The molecule has 4 heterocycles. The maximum atomic E-state index is 14.2. The van der Waals surface area contributed by atoms with E-state index >= 15 is 0 Å². The van der Waals surface area contributed by atoms with E-state index < -0.39 is 5.82 Å². The largest absolute Gasteiger partial charge is 0.699 e. The molecule has 1 unspecified atom stereocenters. The van der Waals surface area contributed by atoms with E-state index in [-0.39, 0.29) is 50.3 Å². The Morgan fingerprint density at radius 3 is 2.40 bits per heavy atom. The minimum absolute atomic E-state index is 0. The molecule has 8 nitrogen and oxygen atoms in total. The molecule has 3 N–H and O–H groups in total. The fraction of sp³-hybridized carbons (Fsp3) is 0.379. The number of hydrogen-bond acceptors (Lipinski definition) is 7. The summed E-state index contributed by atoms with van der Waals surface area (Å²) in [7, 11) is 0. The fourth-order valence-corrected chi connectivity index (χ4v) is 5.37. The Morgan fingerprint density at radius 2 is 1.77 bits per heavy atom. The van der Waals surface area contributed by atoms with Crippen LogP contribution in [0.5, 0.6) is 11.5 Å². The maximum absolute atomic E-state index is 14.2. The average Bonchev–Trinajstić information content (AvgIpc) is 3.57. The van der Waals surface area contributed by atoms with Gasteiger partial charge in [-0.25, -0.2) is 4.39 Å². The van der Waals surface area contributed by atoms with Crippen molar-refractivity contribution < 1.29 is 46.9 Å². The molecule has 11 heteroatoms. The van der Waals surface area contributed by atoms with Gasteiger partial charge in [-0.2, -0.15) is 0 Å². The van der Waals surface area contributed by atoms with Gasteiger partial charge in [0.25, 0.3) is 0 Å². The van der Waals surface area contributed by atoms with Gasteiger partial charge in [-0.3, -0.25) is 19.8 Å². The van der Waals surface area contributed by atoms with E-state index in [0.717, 1.165) is 84.5 Å². The van der Waals surface area contributed by atoms with Gasteiger partial charge < -0.3 is 21.3 Å². The van der Waals surface area contributed by atoms with Gasteiger partial charge in [0.15, 0.2) is 11.6 Å². The van der Waals surface area contributed by atoms with Gasteiger partial charge in [-0.05, 0) is 36.8 Å². The summed E-state index contributed by atoms with van der Waals surface area (Å²) in [6.45, 7) is 7.30. The van der Waals surface area contributed by atoms with Crippen LogP contribution in [0.25, 0.3) is 32.3 Å². The monoisotopic (exact) mass is 637 g/mol. The van der Waals surface area contributed by atoms with Crippen LogP contribution in [0, 0.1) is 5.82 Å². The van der Waals surface area contributed by atoms with Crippen LogP contribution in [0.4, 0.5) is 10.1 Å².